The predicted octanol–water partition coefficient (Wildman–Crippen LogP) is 4.82. The van der Waals surface area contributed by atoms with Gasteiger partial charge < -0.3 is 14.8 Å². The quantitative estimate of drug-likeness (QED) is 0.673. The van der Waals surface area contributed by atoms with Gasteiger partial charge in [-0.25, -0.2) is 0 Å². The number of carbonyl (C=O) groups excluding carboxylic acids is 1. The number of amides is 1. The zero-order chi connectivity index (χ0) is 18.5. The molecule has 0 saturated carbocycles. The maximum Gasteiger partial charge on any atom is 0.248 e. The minimum atomic E-state index is -0.201. The molecule has 0 aliphatic rings. The third kappa shape index (κ3) is 3.70. The van der Waals surface area contributed by atoms with Crippen LogP contribution in [0, 0.1) is 6.92 Å². The van der Waals surface area contributed by atoms with Crippen molar-refractivity contribution in [3.8, 4) is 11.5 Å². The Morgan fingerprint density at radius 2 is 1.65 bits per heavy atom. The summed E-state index contributed by atoms with van der Waals surface area (Å²) in [5.74, 6) is 1.01. The lowest BCUT2D eigenvalue weighted by Gasteiger charge is -2.12. The molecule has 0 aliphatic carbocycles. The molecule has 0 atom stereocenters. The highest BCUT2D eigenvalue weighted by molar-refractivity contribution is 6.04. The van der Waals surface area contributed by atoms with Crippen LogP contribution in [0.5, 0.6) is 11.5 Å². The van der Waals surface area contributed by atoms with Crippen molar-refractivity contribution in [1.82, 2.24) is 0 Å². The van der Waals surface area contributed by atoms with Crippen LogP contribution in [0.15, 0.2) is 60.7 Å². The van der Waals surface area contributed by atoms with Crippen molar-refractivity contribution >= 4 is 28.4 Å². The second-order valence-electron chi connectivity index (χ2n) is 5.91. The summed E-state index contributed by atoms with van der Waals surface area (Å²) >= 11 is 0. The summed E-state index contributed by atoms with van der Waals surface area (Å²) in [6.07, 6.45) is 3.37. The lowest BCUT2D eigenvalue weighted by atomic mass is 10.0. The number of rotatable bonds is 5. The number of ether oxygens (including phenoxy) is 2. The zero-order valence-corrected chi connectivity index (χ0v) is 15.1. The third-order valence-corrected chi connectivity index (χ3v) is 4.23. The summed E-state index contributed by atoms with van der Waals surface area (Å²) in [5.41, 5.74) is 2.59. The molecule has 0 aliphatic heterocycles. The van der Waals surface area contributed by atoms with E-state index in [9.17, 15) is 4.79 Å². The van der Waals surface area contributed by atoms with Crippen LogP contribution >= 0.6 is 0 Å². The topological polar surface area (TPSA) is 47.6 Å². The number of aryl methyl sites for hydroxylation is 1. The summed E-state index contributed by atoms with van der Waals surface area (Å²) in [7, 11) is 3.15. The van der Waals surface area contributed by atoms with E-state index < -0.39 is 0 Å². The van der Waals surface area contributed by atoms with Crippen molar-refractivity contribution < 1.29 is 14.3 Å². The standard InChI is InChI=1S/C22H21NO3/c1-15-13-20(25-2)21(26-3)14-19(15)23-22(24)12-11-17-9-6-8-16-7-4-5-10-18(16)17/h4-14H,1-3H3,(H,23,24)/b12-11+. The van der Waals surface area contributed by atoms with Crippen LogP contribution in [-0.4, -0.2) is 20.1 Å². The van der Waals surface area contributed by atoms with Crippen LogP contribution in [0.2, 0.25) is 0 Å². The molecule has 4 nitrogen and oxygen atoms in total. The van der Waals surface area contributed by atoms with Crippen LogP contribution in [0.3, 0.4) is 0 Å². The second kappa shape index (κ2) is 7.74. The third-order valence-electron chi connectivity index (χ3n) is 4.23. The van der Waals surface area contributed by atoms with Gasteiger partial charge in [-0.15, -0.1) is 0 Å². The fraction of sp³-hybridized carbons (Fsp3) is 0.136. The minimum absolute atomic E-state index is 0.201. The maximum absolute atomic E-state index is 12.4. The molecule has 4 heteroatoms. The van der Waals surface area contributed by atoms with E-state index in [4.69, 9.17) is 9.47 Å². The van der Waals surface area contributed by atoms with E-state index in [1.165, 1.54) is 6.08 Å². The van der Waals surface area contributed by atoms with Gasteiger partial charge in [-0.3, -0.25) is 4.79 Å². The van der Waals surface area contributed by atoms with Crippen molar-refractivity contribution in [2.24, 2.45) is 0 Å². The molecule has 26 heavy (non-hydrogen) atoms. The first-order chi connectivity index (χ1) is 12.6. The first kappa shape index (κ1) is 17.5. The molecular weight excluding hydrogens is 326 g/mol. The maximum atomic E-state index is 12.4. The van der Waals surface area contributed by atoms with E-state index in [1.54, 1.807) is 20.3 Å². The van der Waals surface area contributed by atoms with Crippen LogP contribution in [0.1, 0.15) is 11.1 Å². The molecule has 0 radical (unpaired) electrons. The Morgan fingerprint density at radius 3 is 2.42 bits per heavy atom. The normalized spacial score (nSPS) is 10.9. The van der Waals surface area contributed by atoms with Gasteiger partial charge in [-0.05, 0) is 41.0 Å². The van der Waals surface area contributed by atoms with Gasteiger partial charge in [-0.1, -0.05) is 42.5 Å². The molecule has 3 aromatic carbocycles. The van der Waals surface area contributed by atoms with Gasteiger partial charge in [-0.2, -0.15) is 0 Å². The second-order valence-corrected chi connectivity index (χ2v) is 5.91. The highest BCUT2D eigenvalue weighted by atomic mass is 16.5. The van der Waals surface area contributed by atoms with Gasteiger partial charge in [0, 0.05) is 17.8 Å². The number of carbonyl (C=O) groups is 1. The number of benzene rings is 3. The minimum Gasteiger partial charge on any atom is -0.493 e. The predicted molar refractivity (Wildman–Crippen MR) is 106 cm³/mol. The molecule has 0 aromatic heterocycles. The van der Waals surface area contributed by atoms with Crippen molar-refractivity contribution in [1.29, 1.82) is 0 Å². The summed E-state index contributed by atoms with van der Waals surface area (Å²) < 4.78 is 10.6. The molecule has 0 unspecified atom stereocenters. The van der Waals surface area contributed by atoms with Crippen LogP contribution < -0.4 is 14.8 Å². The Balaban J connectivity index is 1.81. The molecule has 132 valence electrons. The molecule has 0 heterocycles. The Morgan fingerprint density at radius 1 is 0.962 bits per heavy atom. The molecule has 1 amide bonds. The van der Waals surface area contributed by atoms with Gasteiger partial charge in [0.1, 0.15) is 0 Å². The number of anilines is 1. The summed E-state index contributed by atoms with van der Waals surface area (Å²) in [4.78, 5) is 12.4. The molecule has 1 N–H and O–H groups in total. The first-order valence-corrected chi connectivity index (χ1v) is 8.32. The van der Waals surface area contributed by atoms with E-state index in [0.717, 1.165) is 21.9 Å². The fourth-order valence-corrected chi connectivity index (χ4v) is 2.85. The number of fused-ring (bicyclic) bond motifs is 1. The van der Waals surface area contributed by atoms with E-state index in [2.05, 4.69) is 17.4 Å². The van der Waals surface area contributed by atoms with Crippen LogP contribution in [0.25, 0.3) is 16.8 Å². The van der Waals surface area contributed by atoms with Gasteiger partial charge in [0.2, 0.25) is 5.91 Å². The van der Waals surface area contributed by atoms with Gasteiger partial charge in [0.25, 0.3) is 0 Å². The molecule has 3 aromatic rings. The lowest BCUT2D eigenvalue weighted by molar-refractivity contribution is -0.111. The monoisotopic (exact) mass is 347 g/mol. The smallest absolute Gasteiger partial charge is 0.248 e. The van der Waals surface area contributed by atoms with E-state index in [0.29, 0.717) is 17.2 Å². The SMILES string of the molecule is COc1cc(C)c(NC(=O)/C=C/c2cccc3ccccc23)cc1OC. The average molecular weight is 347 g/mol. The van der Waals surface area contributed by atoms with E-state index in [1.807, 2.05) is 49.4 Å². The Kier molecular flexibility index (Phi) is 5.23. The van der Waals surface area contributed by atoms with Crippen molar-refractivity contribution in [3.63, 3.8) is 0 Å². The molecule has 0 bridgehead atoms. The molecule has 0 fully saturated rings. The Bertz CT molecular complexity index is 971. The largest absolute Gasteiger partial charge is 0.493 e. The molecule has 0 saturated heterocycles. The number of hydrogen-bond acceptors (Lipinski definition) is 3. The summed E-state index contributed by atoms with van der Waals surface area (Å²) in [5, 5.41) is 5.15. The summed E-state index contributed by atoms with van der Waals surface area (Å²) in [6.45, 7) is 1.91. The average Bonchev–Trinajstić information content (AvgIpc) is 2.67. The first-order valence-electron chi connectivity index (χ1n) is 8.32. The zero-order valence-electron chi connectivity index (χ0n) is 15.1. The van der Waals surface area contributed by atoms with Gasteiger partial charge >= 0.3 is 0 Å². The van der Waals surface area contributed by atoms with E-state index in [-0.39, 0.29) is 5.91 Å². The molecule has 3 rings (SSSR count). The molecule has 0 spiro atoms. The van der Waals surface area contributed by atoms with Crippen molar-refractivity contribution in [2.45, 2.75) is 6.92 Å². The number of hydrogen-bond donors (Lipinski definition) is 1. The van der Waals surface area contributed by atoms with Crippen LogP contribution in [-0.2, 0) is 4.79 Å². The van der Waals surface area contributed by atoms with Crippen molar-refractivity contribution in [3.05, 3.63) is 71.8 Å². The number of nitrogens with one attached hydrogen (secondary N) is 1. The Hall–Kier alpha value is -3.27. The Labute approximate surface area is 153 Å². The van der Waals surface area contributed by atoms with Crippen molar-refractivity contribution in [2.75, 3.05) is 19.5 Å². The summed E-state index contributed by atoms with van der Waals surface area (Å²) in [6, 6.07) is 17.7. The molecular formula is C22H21NO3. The van der Waals surface area contributed by atoms with Gasteiger partial charge in [0.15, 0.2) is 11.5 Å². The van der Waals surface area contributed by atoms with E-state index >= 15 is 0 Å². The van der Waals surface area contributed by atoms with Gasteiger partial charge in [0.05, 0.1) is 14.2 Å². The highest BCUT2D eigenvalue weighted by Gasteiger charge is 2.10. The highest BCUT2D eigenvalue weighted by Crippen LogP contribution is 2.32. The number of methoxy groups -OCH3 is 2. The fourth-order valence-electron chi connectivity index (χ4n) is 2.85. The lowest BCUT2D eigenvalue weighted by Crippen LogP contribution is -2.09. The van der Waals surface area contributed by atoms with Crippen LogP contribution in [0.4, 0.5) is 5.69 Å².